The predicted molar refractivity (Wildman–Crippen MR) is 61.3 cm³/mol. The summed E-state index contributed by atoms with van der Waals surface area (Å²) in [4.78, 5) is 0. The second kappa shape index (κ2) is 5.16. The average Bonchev–Trinajstić information content (AvgIpc) is 2.14. The molecule has 0 bridgehead atoms. The lowest BCUT2D eigenvalue weighted by atomic mass is 9.74. The molecule has 1 aliphatic rings. The highest BCUT2D eigenvalue weighted by molar-refractivity contribution is 5.30. The third kappa shape index (κ3) is 2.16. The molecule has 1 nitrogen and oxygen atoms in total. The van der Waals surface area contributed by atoms with Crippen LogP contribution in [-0.4, -0.2) is 13.2 Å². The Hall–Kier alpha value is -0.820. The van der Waals surface area contributed by atoms with Crippen molar-refractivity contribution in [2.75, 3.05) is 13.2 Å². The van der Waals surface area contributed by atoms with Crippen LogP contribution >= 0.6 is 0 Å². The third-order valence-corrected chi connectivity index (χ3v) is 2.90. The first-order valence-corrected chi connectivity index (χ1v) is 5.32. The molecule has 0 N–H and O–H groups in total. The highest BCUT2D eigenvalue weighted by Gasteiger charge is 2.39. The molecule has 0 aromatic heterocycles. The minimum absolute atomic E-state index is 0.242. The molecule has 0 unspecified atom stereocenters. The van der Waals surface area contributed by atoms with Crippen LogP contribution in [0.1, 0.15) is 26.2 Å². The molecule has 1 heteroatoms. The van der Waals surface area contributed by atoms with Crippen molar-refractivity contribution in [3.8, 4) is 0 Å². The molecule has 78 valence electrons. The quantitative estimate of drug-likeness (QED) is 0.585. The van der Waals surface area contributed by atoms with Gasteiger partial charge in [0.2, 0.25) is 0 Å². The molecule has 0 radical (unpaired) electrons. The largest absolute Gasteiger partial charge is 0.379 e. The molecule has 0 aromatic rings. The van der Waals surface area contributed by atoms with Crippen LogP contribution in [0.2, 0.25) is 0 Å². The van der Waals surface area contributed by atoms with Crippen molar-refractivity contribution in [2.45, 2.75) is 26.2 Å². The fourth-order valence-electron chi connectivity index (χ4n) is 1.91. The molecule has 0 aliphatic carbocycles. The Bertz CT molecular complexity index is 234. The van der Waals surface area contributed by atoms with Crippen LogP contribution in [0.3, 0.4) is 0 Å². The zero-order valence-electron chi connectivity index (χ0n) is 9.09. The van der Waals surface area contributed by atoms with E-state index >= 15 is 0 Å². The average molecular weight is 192 g/mol. The molecule has 0 amide bonds. The minimum Gasteiger partial charge on any atom is -0.379 e. The van der Waals surface area contributed by atoms with E-state index in [9.17, 15) is 0 Å². The lowest BCUT2D eigenvalue weighted by Gasteiger charge is -2.43. The van der Waals surface area contributed by atoms with Crippen LogP contribution in [0.5, 0.6) is 0 Å². The monoisotopic (exact) mass is 192 g/mol. The van der Waals surface area contributed by atoms with Gasteiger partial charge in [0, 0.05) is 5.41 Å². The molecule has 0 atom stereocenters. The van der Waals surface area contributed by atoms with Crippen molar-refractivity contribution in [2.24, 2.45) is 5.41 Å². The van der Waals surface area contributed by atoms with E-state index in [0.717, 1.165) is 13.2 Å². The topological polar surface area (TPSA) is 9.23 Å². The van der Waals surface area contributed by atoms with Gasteiger partial charge >= 0.3 is 0 Å². The van der Waals surface area contributed by atoms with Gasteiger partial charge in [-0.1, -0.05) is 51.2 Å². The van der Waals surface area contributed by atoms with Crippen LogP contribution in [-0.2, 0) is 4.74 Å². The molecule has 14 heavy (non-hydrogen) atoms. The van der Waals surface area contributed by atoms with E-state index in [2.05, 4.69) is 26.2 Å². The lowest BCUT2D eigenvalue weighted by Crippen LogP contribution is -2.43. The number of unbranched alkanes of at least 4 members (excludes halogenated alkanes) is 1. The summed E-state index contributed by atoms with van der Waals surface area (Å²) in [6.07, 6.45) is 9.54. The van der Waals surface area contributed by atoms with Gasteiger partial charge in [0.25, 0.3) is 0 Å². The van der Waals surface area contributed by atoms with Gasteiger partial charge < -0.3 is 4.74 Å². The number of ether oxygens (including phenoxy) is 1. The summed E-state index contributed by atoms with van der Waals surface area (Å²) in [6.45, 7) is 11.5. The first-order valence-electron chi connectivity index (χ1n) is 5.32. The zero-order chi connectivity index (χ0) is 10.4. The first kappa shape index (κ1) is 11.3. The second-order valence-electron chi connectivity index (χ2n) is 3.94. The van der Waals surface area contributed by atoms with Crippen molar-refractivity contribution in [3.63, 3.8) is 0 Å². The van der Waals surface area contributed by atoms with Crippen molar-refractivity contribution in [3.05, 3.63) is 37.0 Å². The van der Waals surface area contributed by atoms with Gasteiger partial charge in [0.1, 0.15) is 0 Å². The molecule has 1 aliphatic heterocycles. The van der Waals surface area contributed by atoms with Crippen molar-refractivity contribution in [1.29, 1.82) is 0 Å². The Morgan fingerprint density at radius 2 is 2.14 bits per heavy atom. The molecule has 0 saturated carbocycles. The maximum atomic E-state index is 5.34. The van der Waals surface area contributed by atoms with Gasteiger partial charge in [-0.2, -0.15) is 0 Å². The van der Waals surface area contributed by atoms with Crippen LogP contribution in [0.25, 0.3) is 0 Å². The number of hydrogen-bond acceptors (Lipinski definition) is 1. The van der Waals surface area contributed by atoms with Crippen LogP contribution in [0.15, 0.2) is 37.0 Å². The third-order valence-electron chi connectivity index (χ3n) is 2.90. The summed E-state index contributed by atoms with van der Waals surface area (Å²) in [5, 5.41) is 0. The Kier molecular flexibility index (Phi) is 4.15. The van der Waals surface area contributed by atoms with Crippen LogP contribution < -0.4 is 0 Å². The minimum atomic E-state index is 0.242. The molecule has 1 rings (SSSR count). The molecule has 1 fully saturated rings. The summed E-state index contributed by atoms with van der Waals surface area (Å²) in [6, 6.07) is 0. The number of rotatable bonds is 6. The smallest absolute Gasteiger partial charge is 0.0585 e. The molecular weight excluding hydrogens is 172 g/mol. The summed E-state index contributed by atoms with van der Waals surface area (Å²) < 4.78 is 5.34. The van der Waals surface area contributed by atoms with Gasteiger partial charge in [-0.25, -0.2) is 0 Å². The summed E-state index contributed by atoms with van der Waals surface area (Å²) in [5.74, 6) is 0. The van der Waals surface area contributed by atoms with Gasteiger partial charge in [-0.3, -0.25) is 0 Å². The fraction of sp³-hybridized carbons (Fsp3) is 0.538. The Labute approximate surface area is 87.2 Å². The van der Waals surface area contributed by atoms with Crippen molar-refractivity contribution in [1.82, 2.24) is 0 Å². The van der Waals surface area contributed by atoms with E-state index in [-0.39, 0.29) is 5.41 Å². The first-order chi connectivity index (χ1) is 6.79. The van der Waals surface area contributed by atoms with E-state index in [4.69, 9.17) is 4.74 Å². The number of allylic oxidation sites excluding steroid dienone is 3. The van der Waals surface area contributed by atoms with Gasteiger partial charge in [0.05, 0.1) is 13.2 Å². The Morgan fingerprint density at radius 1 is 1.43 bits per heavy atom. The maximum absolute atomic E-state index is 5.34. The number of hydrogen-bond donors (Lipinski definition) is 0. The summed E-state index contributed by atoms with van der Waals surface area (Å²) in [5.41, 5.74) is 1.53. The van der Waals surface area contributed by atoms with Crippen molar-refractivity contribution < 1.29 is 4.74 Å². The molecule has 0 spiro atoms. The summed E-state index contributed by atoms with van der Waals surface area (Å²) >= 11 is 0. The van der Waals surface area contributed by atoms with Gasteiger partial charge in [-0.15, -0.1) is 0 Å². The van der Waals surface area contributed by atoms with E-state index < -0.39 is 0 Å². The molecule has 1 saturated heterocycles. The second-order valence-corrected chi connectivity index (χ2v) is 3.94. The molecule has 0 aromatic carbocycles. The highest BCUT2D eigenvalue weighted by Crippen LogP contribution is 2.41. The van der Waals surface area contributed by atoms with E-state index in [0.29, 0.717) is 0 Å². The highest BCUT2D eigenvalue weighted by atomic mass is 16.5. The standard InChI is InChI=1S/C13H20O/c1-4-7-9-13(10-14-11-13)12(6-3)8-5-2/h5-6,8H,2-4,7,9-11H2,1H3/b12-8+. The lowest BCUT2D eigenvalue weighted by molar-refractivity contribution is -0.0922. The van der Waals surface area contributed by atoms with Crippen molar-refractivity contribution >= 4 is 0 Å². The van der Waals surface area contributed by atoms with Crippen LogP contribution in [0.4, 0.5) is 0 Å². The van der Waals surface area contributed by atoms with Gasteiger partial charge in [0.15, 0.2) is 0 Å². The SMILES string of the molecule is C=C/C=C(\C=C)C1(CCCC)COC1. The fourth-order valence-corrected chi connectivity index (χ4v) is 1.91. The van der Waals surface area contributed by atoms with Gasteiger partial charge in [-0.05, 0) is 12.0 Å². The van der Waals surface area contributed by atoms with Crippen LogP contribution in [0, 0.1) is 5.41 Å². The predicted octanol–water partition coefficient (Wildman–Crippen LogP) is 3.49. The van der Waals surface area contributed by atoms with E-state index in [1.165, 1.54) is 24.8 Å². The maximum Gasteiger partial charge on any atom is 0.0585 e. The Balaban J connectivity index is 2.71. The zero-order valence-corrected chi connectivity index (χ0v) is 9.09. The summed E-state index contributed by atoms with van der Waals surface area (Å²) in [7, 11) is 0. The van der Waals surface area contributed by atoms with E-state index in [1.807, 2.05) is 12.2 Å². The van der Waals surface area contributed by atoms with E-state index in [1.54, 1.807) is 0 Å². The normalized spacial score (nSPS) is 19.9. The Morgan fingerprint density at radius 3 is 2.50 bits per heavy atom. The molecule has 1 heterocycles. The molecular formula is C13H20O.